The van der Waals surface area contributed by atoms with E-state index in [9.17, 15) is 4.11 Å². The maximum Gasteiger partial charge on any atom is 0.247 e. The molecule has 0 heterocycles. The van der Waals surface area contributed by atoms with Gasteiger partial charge in [0.05, 0.1) is 0 Å². The van der Waals surface area contributed by atoms with E-state index < -0.39 is 9.85 Å². The monoisotopic (exact) mass is 114 g/mol. The lowest BCUT2D eigenvalue weighted by Gasteiger charge is -1.79. The summed E-state index contributed by atoms with van der Waals surface area (Å²) in [5.41, 5.74) is 0. The number of halogens is 1. The van der Waals surface area contributed by atoms with Gasteiger partial charge < -0.3 is 4.11 Å². The lowest BCUT2D eigenvalue weighted by atomic mass is 10.5. The molecule has 0 aromatic carbocycles. The molecule has 0 saturated carbocycles. The van der Waals surface area contributed by atoms with Crippen LogP contribution in [0.5, 0.6) is 0 Å². The molecule has 0 unspecified atom stereocenters. The third-order valence-electron chi connectivity index (χ3n) is 1.00. The van der Waals surface area contributed by atoms with Crippen molar-refractivity contribution in [1.82, 2.24) is 0 Å². The Hall–Kier alpha value is -0.373. The molecular formula is C5H7FSi. The zero-order valence-corrected chi connectivity index (χ0v) is 5.44. The Labute approximate surface area is 44.7 Å². The van der Waals surface area contributed by atoms with Crippen LogP contribution in [-0.4, -0.2) is 9.85 Å². The van der Waals surface area contributed by atoms with Crippen LogP contribution in [0.25, 0.3) is 0 Å². The summed E-state index contributed by atoms with van der Waals surface area (Å²) in [4.78, 5) is 0. The quantitative estimate of drug-likeness (QED) is 0.351. The van der Waals surface area contributed by atoms with Crippen LogP contribution < -0.4 is 0 Å². The minimum absolute atomic E-state index is 0.951. The highest BCUT2D eigenvalue weighted by atomic mass is 28.3. The summed E-state index contributed by atoms with van der Waals surface area (Å²) in [7, 11) is -1.34. The van der Waals surface area contributed by atoms with Gasteiger partial charge in [0.1, 0.15) is 0 Å². The molecule has 0 amide bonds. The number of allylic oxidation sites excluding steroid dienone is 4. The molecule has 0 fully saturated rings. The molecule has 1 aliphatic carbocycles. The topological polar surface area (TPSA) is 0 Å². The van der Waals surface area contributed by atoms with Crippen LogP contribution in [0.1, 0.15) is 6.42 Å². The first-order valence-electron chi connectivity index (χ1n) is 2.35. The first-order valence-corrected chi connectivity index (χ1v) is 3.59. The van der Waals surface area contributed by atoms with E-state index in [1.54, 1.807) is 0 Å². The normalized spacial score (nSPS) is 19.3. The van der Waals surface area contributed by atoms with Gasteiger partial charge in [-0.3, -0.25) is 0 Å². The maximum absolute atomic E-state index is 11.7. The molecule has 0 saturated heterocycles. The lowest BCUT2D eigenvalue weighted by Crippen LogP contribution is -1.78. The van der Waals surface area contributed by atoms with Crippen LogP contribution in [0.4, 0.5) is 4.11 Å². The van der Waals surface area contributed by atoms with Gasteiger partial charge in [0.2, 0.25) is 9.85 Å². The van der Waals surface area contributed by atoms with Crippen LogP contribution in [0.2, 0.25) is 0 Å². The molecule has 7 heavy (non-hydrogen) atoms. The van der Waals surface area contributed by atoms with E-state index in [1.165, 1.54) is 0 Å². The molecule has 1 rings (SSSR count). The largest absolute Gasteiger partial charge is 0.317 e. The van der Waals surface area contributed by atoms with Crippen molar-refractivity contribution in [2.45, 2.75) is 6.42 Å². The highest BCUT2D eigenvalue weighted by Crippen LogP contribution is 2.05. The third kappa shape index (κ3) is 0.995. The summed E-state index contributed by atoms with van der Waals surface area (Å²) in [5, 5.41) is 0.958. The predicted molar refractivity (Wildman–Crippen MR) is 31.5 cm³/mol. The summed E-state index contributed by atoms with van der Waals surface area (Å²) in [6.07, 6.45) is 6.77. The second-order valence-corrected chi connectivity index (χ2v) is 2.63. The van der Waals surface area contributed by atoms with Gasteiger partial charge in [-0.1, -0.05) is 18.2 Å². The van der Waals surface area contributed by atoms with Gasteiger partial charge in [-0.25, -0.2) is 0 Å². The van der Waals surface area contributed by atoms with Gasteiger partial charge in [0.25, 0.3) is 0 Å². The van der Waals surface area contributed by atoms with Gasteiger partial charge in [0.15, 0.2) is 0 Å². The van der Waals surface area contributed by atoms with E-state index in [1.807, 2.05) is 18.2 Å². The molecular weight excluding hydrogens is 107 g/mol. The van der Waals surface area contributed by atoms with Crippen molar-refractivity contribution in [2.75, 3.05) is 0 Å². The van der Waals surface area contributed by atoms with Crippen molar-refractivity contribution in [3.05, 3.63) is 23.4 Å². The fourth-order valence-electron chi connectivity index (χ4n) is 0.606. The van der Waals surface area contributed by atoms with E-state index in [2.05, 4.69) is 0 Å². The molecule has 0 aliphatic heterocycles. The van der Waals surface area contributed by atoms with Crippen molar-refractivity contribution >= 4 is 9.85 Å². The molecule has 0 nitrogen and oxygen atoms in total. The average molecular weight is 114 g/mol. The maximum atomic E-state index is 11.7. The van der Waals surface area contributed by atoms with Crippen molar-refractivity contribution in [3.8, 4) is 0 Å². The molecule has 0 aromatic heterocycles. The van der Waals surface area contributed by atoms with E-state index >= 15 is 0 Å². The first-order chi connectivity index (χ1) is 3.43. The second-order valence-electron chi connectivity index (χ2n) is 1.55. The fraction of sp³-hybridized carbons (Fsp3) is 0.200. The van der Waals surface area contributed by atoms with Crippen LogP contribution in [0, 0.1) is 0 Å². The third-order valence-corrected chi connectivity index (χ3v) is 1.84. The van der Waals surface area contributed by atoms with E-state index in [0.717, 1.165) is 11.6 Å². The summed E-state index contributed by atoms with van der Waals surface area (Å²) in [5.74, 6) is 0. The van der Waals surface area contributed by atoms with Crippen LogP contribution in [0.15, 0.2) is 23.4 Å². The Bertz CT molecular complexity index is 115. The number of hydrogen-bond acceptors (Lipinski definition) is 0. The van der Waals surface area contributed by atoms with Gasteiger partial charge in [-0.15, -0.1) is 0 Å². The minimum Gasteiger partial charge on any atom is -0.317 e. The van der Waals surface area contributed by atoms with Crippen LogP contribution in [-0.2, 0) is 0 Å². The Morgan fingerprint density at radius 3 is 2.86 bits per heavy atom. The van der Waals surface area contributed by atoms with E-state index in [0.29, 0.717) is 0 Å². The highest BCUT2D eigenvalue weighted by Gasteiger charge is 1.94. The van der Waals surface area contributed by atoms with Gasteiger partial charge in [-0.05, 0) is 11.6 Å². The van der Waals surface area contributed by atoms with Crippen molar-refractivity contribution in [2.24, 2.45) is 0 Å². The molecule has 0 radical (unpaired) electrons. The van der Waals surface area contributed by atoms with Gasteiger partial charge in [-0.2, -0.15) is 0 Å². The molecule has 0 aromatic rings. The number of hydrogen-bond donors (Lipinski definition) is 0. The molecule has 1 aliphatic rings. The summed E-state index contributed by atoms with van der Waals surface area (Å²) < 4.78 is 11.7. The predicted octanol–water partition coefficient (Wildman–Crippen LogP) is 0.883. The molecule has 0 spiro atoms. The van der Waals surface area contributed by atoms with Gasteiger partial charge in [0, 0.05) is 0 Å². The van der Waals surface area contributed by atoms with Crippen LogP contribution >= 0.6 is 0 Å². The lowest BCUT2D eigenvalue weighted by molar-refractivity contribution is 0.880. The molecule has 38 valence electrons. The zero-order chi connectivity index (χ0) is 5.11. The fourth-order valence-corrected chi connectivity index (χ4v) is 1.14. The van der Waals surface area contributed by atoms with Crippen molar-refractivity contribution in [1.29, 1.82) is 0 Å². The standard InChI is InChI=1S/C5H7FSi/c6-7-5-3-1-2-4-5/h1,3-4H,2,7H2. The van der Waals surface area contributed by atoms with Gasteiger partial charge >= 0.3 is 0 Å². The highest BCUT2D eigenvalue weighted by molar-refractivity contribution is 6.38. The SMILES string of the molecule is F[SiH2]C1=CCC=C1. The first kappa shape index (κ1) is 4.78. The summed E-state index contributed by atoms with van der Waals surface area (Å²) in [6.45, 7) is 0. The average Bonchev–Trinajstić information content (AvgIpc) is 2.14. The smallest absolute Gasteiger partial charge is 0.247 e. The minimum atomic E-state index is -1.34. The molecule has 2 heteroatoms. The Balaban J connectivity index is 2.52. The zero-order valence-electron chi connectivity index (χ0n) is 4.02. The summed E-state index contributed by atoms with van der Waals surface area (Å²) in [6, 6.07) is 0. The molecule has 0 N–H and O–H groups in total. The van der Waals surface area contributed by atoms with Crippen LogP contribution in [0.3, 0.4) is 0 Å². The van der Waals surface area contributed by atoms with E-state index in [-0.39, 0.29) is 0 Å². The Kier molecular flexibility index (Phi) is 1.41. The number of rotatable bonds is 1. The van der Waals surface area contributed by atoms with Crippen molar-refractivity contribution in [3.63, 3.8) is 0 Å². The molecule has 0 bridgehead atoms. The van der Waals surface area contributed by atoms with Crippen molar-refractivity contribution < 1.29 is 4.11 Å². The van der Waals surface area contributed by atoms with E-state index in [4.69, 9.17) is 0 Å². The summed E-state index contributed by atoms with van der Waals surface area (Å²) >= 11 is 0. The Morgan fingerprint density at radius 1 is 1.71 bits per heavy atom. The molecule has 0 atom stereocenters. The Morgan fingerprint density at radius 2 is 2.57 bits per heavy atom. The second kappa shape index (κ2) is 2.07.